The van der Waals surface area contributed by atoms with Crippen LogP contribution in [-0.2, 0) is 14.4 Å². The molecule has 0 unspecified atom stereocenters. The zero-order valence-corrected chi connectivity index (χ0v) is 17.3. The molecule has 2 heterocycles. The Morgan fingerprint density at radius 1 is 0.833 bits per heavy atom. The second-order valence-corrected chi connectivity index (χ2v) is 8.03. The summed E-state index contributed by atoms with van der Waals surface area (Å²) in [5, 5.41) is 12.1. The Bertz CT molecular complexity index is 1140. The van der Waals surface area contributed by atoms with E-state index in [1.54, 1.807) is 47.5 Å². The van der Waals surface area contributed by atoms with Crippen LogP contribution in [0.5, 0.6) is 5.75 Å². The van der Waals surface area contributed by atoms with Gasteiger partial charge >= 0.3 is 0 Å². The van der Waals surface area contributed by atoms with Gasteiger partial charge in [0, 0.05) is 10.0 Å². The van der Waals surface area contributed by atoms with Crippen molar-refractivity contribution >= 4 is 39.1 Å². The summed E-state index contributed by atoms with van der Waals surface area (Å²) in [5.74, 6) is -1.52. The van der Waals surface area contributed by atoms with E-state index in [0.717, 1.165) is 0 Å². The number of hydroxylamine groups is 1. The van der Waals surface area contributed by atoms with Gasteiger partial charge in [0.2, 0.25) is 5.91 Å². The number of anilines is 2. The number of fused-ring (bicyclic) bond motifs is 1. The van der Waals surface area contributed by atoms with Gasteiger partial charge in [-0.3, -0.25) is 14.4 Å². The lowest BCUT2D eigenvalue weighted by atomic mass is 9.90. The van der Waals surface area contributed by atoms with Gasteiger partial charge in [0.25, 0.3) is 5.91 Å². The Balaban J connectivity index is 1.62. The second-order valence-electron chi connectivity index (χ2n) is 7.18. The molecule has 3 aromatic rings. The highest BCUT2D eigenvalue weighted by Crippen LogP contribution is 2.49. The van der Waals surface area contributed by atoms with E-state index in [1.165, 1.54) is 4.90 Å². The van der Waals surface area contributed by atoms with Crippen molar-refractivity contribution in [3.05, 3.63) is 88.9 Å². The third-order valence-corrected chi connectivity index (χ3v) is 6.15. The topological polar surface area (TPSA) is 70.1 Å². The molecule has 30 heavy (non-hydrogen) atoms. The lowest BCUT2D eigenvalue weighted by Gasteiger charge is -2.29. The van der Waals surface area contributed by atoms with Crippen molar-refractivity contribution in [2.75, 3.05) is 9.96 Å². The average molecular weight is 465 g/mol. The third kappa shape index (κ3) is 2.81. The number of imide groups is 1. The van der Waals surface area contributed by atoms with Gasteiger partial charge in [0.05, 0.1) is 17.4 Å². The van der Waals surface area contributed by atoms with Gasteiger partial charge in [-0.25, -0.2) is 9.96 Å². The van der Waals surface area contributed by atoms with Crippen LogP contribution in [0.4, 0.5) is 11.4 Å². The molecule has 3 atom stereocenters. The smallest absolute Gasteiger partial charge is 0.266 e. The molecular weight excluding hydrogens is 448 g/mol. The molecule has 2 saturated heterocycles. The van der Waals surface area contributed by atoms with Gasteiger partial charge in [-0.05, 0) is 46.3 Å². The number of hydrogen-bond acceptors (Lipinski definition) is 5. The van der Waals surface area contributed by atoms with E-state index in [1.807, 2.05) is 36.4 Å². The maximum atomic E-state index is 13.5. The number of phenolic OH excluding ortho intramolecular Hbond substituents is 1. The van der Waals surface area contributed by atoms with Crippen LogP contribution in [0.3, 0.4) is 0 Å². The Labute approximate surface area is 181 Å². The highest BCUT2D eigenvalue weighted by molar-refractivity contribution is 9.10. The molecular formula is C23H17BrN2O4. The van der Waals surface area contributed by atoms with Crippen molar-refractivity contribution in [2.24, 2.45) is 5.92 Å². The van der Waals surface area contributed by atoms with Crippen LogP contribution in [-0.4, -0.2) is 23.0 Å². The monoisotopic (exact) mass is 464 g/mol. The number of carbonyl (C=O) groups is 2. The van der Waals surface area contributed by atoms with E-state index >= 15 is 0 Å². The predicted octanol–water partition coefficient (Wildman–Crippen LogP) is 4.21. The summed E-state index contributed by atoms with van der Waals surface area (Å²) in [6, 6.07) is 22.5. The number of benzene rings is 3. The van der Waals surface area contributed by atoms with Crippen molar-refractivity contribution < 1.29 is 19.5 Å². The Morgan fingerprint density at radius 2 is 1.50 bits per heavy atom. The lowest BCUT2D eigenvalue weighted by Crippen LogP contribution is -2.37. The molecule has 2 aliphatic rings. The minimum Gasteiger partial charge on any atom is -0.508 e. The molecule has 150 valence electrons. The number of halogens is 1. The number of phenols is 1. The minimum absolute atomic E-state index is 0.0484. The molecule has 2 amide bonds. The molecule has 3 aromatic carbocycles. The highest BCUT2D eigenvalue weighted by atomic mass is 79.9. The molecule has 6 nitrogen and oxygen atoms in total. The van der Waals surface area contributed by atoms with Crippen molar-refractivity contribution in [1.29, 1.82) is 0 Å². The van der Waals surface area contributed by atoms with Crippen molar-refractivity contribution in [3.8, 4) is 5.75 Å². The number of aromatic hydroxyl groups is 1. The predicted molar refractivity (Wildman–Crippen MR) is 115 cm³/mol. The van der Waals surface area contributed by atoms with Crippen LogP contribution in [0.1, 0.15) is 11.6 Å². The summed E-state index contributed by atoms with van der Waals surface area (Å²) >= 11 is 3.42. The van der Waals surface area contributed by atoms with Crippen LogP contribution in [0, 0.1) is 5.92 Å². The molecule has 0 radical (unpaired) electrons. The first-order chi connectivity index (χ1) is 14.6. The maximum absolute atomic E-state index is 13.5. The first-order valence-electron chi connectivity index (χ1n) is 9.49. The number of nitrogens with zero attached hydrogens (tertiary/aromatic N) is 2. The highest BCUT2D eigenvalue weighted by Gasteiger charge is 2.60. The van der Waals surface area contributed by atoms with Gasteiger partial charge in [0.1, 0.15) is 11.7 Å². The van der Waals surface area contributed by atoms with Gasteiger partial charge < -0.3 is 5.11 Å². The van der Waals surface area contributed by atoms with Crippen molar-refractivity contribution in [3.63, 3.8) is 0 Å². The summed E-state index contributed by atoms with van der Waals surface area (Å²) in [6.45, 7) is 0. The van der Waals surface area contributed by atoms with Gasteiger partial charge in [0.15, 0.2) is 6.10 Å². The Hall–Kier alpha value is -3.16. The van der Waals surface area contributed by atoms with E-state index in [9.17, 15) is 14.7 Å². The zero-order chi connectivity index (χ0) is 20.8. The standard InChI is InChI=1S/C23H17BrN2O4/c24-16-11-5-6-12-17(16)25-22(28)19-20(15-10-4-7-13-18(15)27)26(30-21(19)23(25)29)14-8-2-1-3-9-14/h1-13,19-21,27H/t19-,20-,21-/m1/s1. The van der Waals surface area contributed by atoms with Crippen molar-refractivity contribution in [2.45, 2.75) is 12.1 Å². The summed E-state index contributed by atoms with van der Waals surface area (Å²) in [7, 11) is 0. The molecule has 0 saturated carbocycles. The average Bonchev–Trinajstić information content (AvgIpc) is 3.26. The minimum atomic E-state index is -0.977. The summed E-state index contributed by atoms with van der Waals surface area (Å²) in [4.78, 5) is 34.0. The Kier molecular flexibility index (Phi) is 4.56. The molecule has 7 heteroatoms. The summed E-state index contributed by atoms with van der Waals surface area (Å²) in [5.41, 5.74) is 1.71. The third-order valence-electron chi connectivity index (χ3n) is 5.47. The summed E-state index contributed by atoms with van der Waals surface area (Å²) in [6.07, 6.45) is -0.977. The van der Waals surface area contributed by atoms with E-state index in [0.29, 0.717) is 21.4 Å². The van der Waals surface area contributed by atoms with E-state index in [4.69, 9.17) is 4.84 Å². The molecule has 0 aliphatic carbocycles. The molecule has 2 aliphatic heterocycles. The van der Waals surface area contributed by atoms with E-state index in [-0.39, 0.29) is 11.7 Å². The molecule has 5 rings (SSSR count). The van der Waals surface area contributed by atoms with Crippen LogP contribution in [0.15, 0.2) is 83.3 Å². The fourth-order valence-electron chi connectivity index (χ4n) is 4.14. The van der Waals surface area contributed by atoms with Gasteiger partial charge in [-0.2, -0.15) is 0 Å². The quantitative estimate of drug-likeness (QED) is 0.588. The van der Waals surface area contributed by atoms with Gasteiger partial charge in [-0.15, -0.1) is 0 Å². The summed E-state index contributed by atoms with van der Waals surface area (Å²) < 4.78 is 0.644. The number of para-hydroxylation sites is 3. The first kappa shape index (κ1) is 18.8. The van der Waals surface area contributed by atoms with Crippen LogP contribution < -0.4 is 9.96 Å². The van der Waals surface area contributed by atoms with E-state index in [2.05, 4.69) is 15.9 Å². The second kappa shape index (κ2) is 7.27. The number of carbonyl (C=O) groups excluding carboxylic acids is 2. The molecule has 0 aromatic heterocycles. The maximum Gasteiger partial charge on any atom is 0.266 e. The zero-order valence-electron chi connectivity index (χ0n) is 15.7. The number of amides is 2. The molecule has 1 N–H and O–H groups in total. The van der Waals surface area contributed by atoms with Crippen LogP contribution >= 0.6 is 15.9 Å². The van der Waals surface area contributed by atoms with E-state index < -0.39 is 24.0 Å². The Morgan fingerprint density at radius 3 is 2.23 bits per heavy atom. The molecule has 0 spiro atoms. The van der Waals surface area contributed by atoms with Gasteiger partial charge in [-0.1, -0.05) is 48.5 Å². The SMILES string of the molecule is O=C1[C@@H]2[C@@H](c3ccccc3O)N(c3ccccc3)O[C@H]2C(=O)N1c1ccccc1Br. The fourth-order valence-corrected chi connectivity index (χ4v) is 4.60. The fraction of sp³-hybridized carbons (Fsp3) is 0.130. The lowest BCUT2D eigenvalue weighted by molar-refractivity contribution is -0.126. The van der Waals surface area contributed by atoms with Crippen LogP contribution in [0.25, 0.3) is 0 Å². The largest absolute Gasteiger partial charge is 0.508 e. The molecule has 2 fully saturated rings. The van der Waals surface area contributed by atoms with Crippen molar-refractivity contribution in [1.82, 2.24) is 0 Å². The van der Waals surface area contributed by atoms with Crippen LogP contribution in [0.2, 0.25) is 0 Å². The first-order valence-corrected chi connectivity index (χ1v) is 10.3. The molecule has 0 bridgehead atoms. The normalized spacial score (nSPS) is 23.2. The number of hydrogen-bond donors (Lipinski definition) is 1. The number of rotatable bonds is 3.